The highest BCUT2D eigenvalue weighted by atomic mass is 32.1. The van der Waals surface area contributed by atoms with E-state index >= 15 is 0 Å². The second-order valence-corrected chi connectivity index (χ2v) is 5.44. The van der Waals surface area contributed by atoms with Crippen LogP contribution in [0.4, 0.5) is 0 Å². The number of ether oxygens (including phenoxy) is 1. The van der Waals surface area contributed by atoms with E-state index in [1.165, 1.54) is 24.2 Å². The molecule has 1 atom stereocenters. The molecule has 19 heavy (non-hydrogen) atoms. The summed E-state index contributed by atoms with van der Waals surface area (Å²) >= 11 is 1.50. The van der Waals surface area contributed by atoms with Crippen molar-refractivity contribution in [2.45, 2.75) is 32.4 Å². The summed E-state index contributed by atoms with van der Waals surface area (Å²) in [7, 11) is 0. The average Bonchev–Trinajstić information content (AvgIpc) is 2.96. The Hall–Kier alpha value is -1.31. The molecule has 3 rings (SSSR count). The normalized spacial score (nSPS) is 16.7. The molecule has 7 heteroatoms. The quantitative estimate of drug-likeness (QED) is 0.872. The minimum atomic E-state index is -0.0462. The predicted octanol–water partition coefficient (Wildman–Crippen LogP) is 2.14. The summed E-state index contributed by atoms with van der Waals surface area (Å²) in [6.07, 6.45) is 2.29. The topological polar surface area (TPSA) is 87.1 Å². The second kappa shape index (κ2) is 5.36. The van der Waals surface area contributed by atoms with Crippen LogP contribution in [0.1, 0.15) is 36.7 Å². The van der Waals surface area contributed by atoms with Gasteiger partial charge in [0.15, 0.2) is 0 Å². The van der Waals surface area contributed by atoms with Crippen LogP contribution in [0.15, 0.2) is 9.90 Å². The summed E-state index contributed by atoms with van der Waals surface area (Å²) in [5.74, 6) is 1.60. The summed E-state index contributed by atoms with van der Waals surface area (Å²) in [5.41, 5.74) is 6.23. The number of aromatic nitrogens is 3. The first kappa shape index (κ1) is 12.7. The second-order valence-electron chi connectivity index (χ2n) is 4.50. The van der Waals surface area contributed by atoms with Gasteiger partial charge in [0.2, 0.25) is 5.82 Å². The first-order valence-corrected chi connectivity index (χ1v) is 7.29. The van der Waals surface area contributed by atoms with Crippen molar-refractivity contribution in [3.8, 4) is 11.6 Å². The number of rotatable bonds is 6. The van der Waals surface area contributed by atoms with E-state index in [-0.39, 0.29) is 6.10 Å². The Bertz CT molecular complexity index is 549. The van der Waals surface area contributed by atoms with Crippen molar-refractivity contribution in [2.24, 2.45) is 11.7 Å². The molecule has 2 aromatic heterocycles. The molecule has 1 fully saturated rings. The number of nitrogens with two attached hydrogens (primary N) is 1. The lowest BCUT2D eigenvalue weighted by molar-refractivity contribution is 0.0385. The van der Waals surface area contributed by atoms with Crippen LogP contribution >= 0.6 is 11.3 Å². The van der Waals surface area contributed by atoms with Gasteiger partial charge in [-0.15, -0.1) is 11.3 Å². The molecule has 1 saturated carbocycles. The molecule has 0 spiro atoms. The fourth-order valence-electron chi connectivity index (χ4n) is 1.96. The zero-order valence-corrected chi connectivity index (χ0v) is 11.5. The van der Waals surface area contributed by atoms with Gasteiger partial charge in [-0.25, -0.2) is 4.98 Å². The third kappa shape index (κ3) is 2.68. The lowest BCUT2D eigenvalue weighted by Crippen LogP contribution is -2.08. The minimum Gasteiger partial charge on any atom is -0.370 e. The van der Waals surface area contributed by atoms with Crippen LogP contribution in [0.3, 0.4) is 0 Å². The van der Waals surface area contributed by atoms with Gasteiger partial charge in [-0.3, -0.25) is 0 Å². The van der Waals surface area contributed by atoms with Gasteiger partial charge in [-0.05, 0) is 25.7 Å². The van der Waals surface area contributed by atoms with Crippen LogP contribution in [0, 0.1) is 5.92 Å². The predicted molar refractivity (Wildman–Crippen MR) is 70.4 cm³/mol. The lowest BCUT2D eigenvalue weighted by Gasteiger charge is -2.10. The molecule has 6 nitrogen and oxygen atoms in total. The van der Waals surface area contributed by atoms with Crippen LogP contribution < -0.4 is 5.73 Å². The van der Waals surface area contributed by atoms with E-state index in [4.69, 9.17) is 15.0 Å². The molecule has 2 aromatic rings. The van der Waals surface area contributed by atoms with Crippen molar-refractivity contribution in [2.75, 3.05) is 6.61 Å². The largest absolute Gasteiger partial charge is 0.370 e. The smallest absolute Gasteiger partial charge is 0.277 e. The third-order valence-corrected chi connectivity index (χ3v) is 3.91. The molecule has 0 saturated heterocycles. The van der Waals surface area contributed by atoms with Gasteiger partial charge in [-0.2, -0.15) is 4.98 Å². The Kier molecular flexibility index (Phi) is 3.58. The molecule has 102 valence electrons. The van der Waals surface area contributed by atoms with Crippen LogP contribution in [-0.2, 0) is 11.3 Å². The zero-order valence-electron chi connectivity index (χ0n) is 10.7. The third-order valence-electron chi connectivity index (χ3n) is 3.04. The molecule has 0 bridgehead atoms. The molecule has 2 heterocycles. The number of hydrogen-bond acceptors (Lipinski definition) is 7. The van der Waals surface area contributed by atoms with Gasteiger partial charge in [-0.1, -0.05) is 5.16 Å². The van der Waals surface area contributed by atoms with Gasteiger partial charge in [0.1, 0.15) is 16.8 Å². The van der Waals surface area contributed by atoms with E-state index in [9.17, 15) is 0 Å². The fraction of sp³-hybridized carbons (Fsp3) is 0.583. The molecular weight excluding hydrogens is 264 g/mol. The van der Waals surface area contributed by atoms with Crippen molar-refractivity contribution in [3.63, 3.8) is 0 Å². The highest BCUT2D eigenvalue weighted by Crippen LogP contribution is 2.42. The van der Waals surface area contributed by atoms with E-state index in [0.717, 1.165) is 5.01 Å². The minimum absolute atomic E-state index is 0.0462. The molecular formula is C12H16N4O2S. The van der Waals surface area contributed by atoms with Crippen molar-refractivity contribution in [1.29, 1.82) is 0 Å². The number of thiazole rings is 1. The van der Waals surface area contributed by atoms with E-state index in [1.807, 2.05) is 12.3 Å². The first-order chi connectivity index (χ1) is 9.31. The van der Waals surface area contributed by atoms with Crippen molar-refractivity contribution >= 4 is 11.3 Å². The summed E-state index contributed by atoms with van der Waals surface area (Å²) in [4.78, 5) is 8.74. The lowest BCUT2D eigenvalue weighted by atomic mass is 10.2. The summed E-state index contributed by atoms with van der Waals surface area (Å²) in [6, 6.07) is 0. The van der Waals surface area contributed by atoms with E-state index in [1.54, 1.807) is 0 Å². The van der Waals surface area contributed by atoms with Crippen LogP contribution in [0.5, 0.6) is 0 Å². The van der Waals surface area contributed by atoms with E-state index in [0.29, 0.717) is 36.5 Å². The molecule has 1 unspecified atom stereocenters. The highest BCUT2D eigenvalue weighted by molar-refractivity contribution is 7.09. The van der Waals surface area contributed by atoms with E-state index in [2.05, 4.69) is 15.1 Å². The Morgan fingerprint density at radius 1 is 1.53 bits per heavy atom. The standard InChI is InChI=1S/C12H16N4O2S/c1-2-17-10(7-3-4-7)11-15-12(18-16-11)8-6-19-9(5-13)14-8/h6-7,10H,2-5,13H2,1H3. The SMILES string of the molecule is CCOC(c1noc(-c2csc(CN)n2)n1)C1CC1. The maximum absolute atomic E-state index is 5.70. The molecule has 2 N–H and O–H groups in total. The highest BCUT2D eigenvalue weighted by Gasteiger charge is 2.36. The van der Waals surface area contributed by atoms with Gasteiger partial charge >= 0.3 is 0 Å². The van der Waals surface area contributed by atoms with E-state index < -0.39 is 0 Å². The van der Waals surface area contributed by atoms with Gasteiger partial charge < -0.3 is 15.0 Å². The average molecular weight is 280 g/mol. The van der Waals surface area contributed by atoms with Crippen LogP contribution in [0.2, 0.25) is 0 Å². The number of nitrogens with zero attached hydrogens (tertiary/aromatic N) is 3. The van der Waals surface area contributed by atoms with Crippen molar-refractivity contribution < 1.29 is 9.26 Å². The first-order valence-electron chi connectivity index (χ1n) is 6.42. The maximum Gasteiger partial charge on any atom is 0.277 e. The Morgan fingerprint density at radius 3 is 3.00 bits per heavy atom. The Morgan fingerprint density at radius 2 is 2.37 bits per heavy atom. The monoisotopic (exact) mass is 280 g/mol. The molecule has 0 amide bonds. The zero-order chi connectivity index (χ0) is 13.2. The van der Waals surface area contributed by atoms with Gasteiger partial charge in [0.05, 0.1) is 0 Å². The summed E-state index contributed by atoms with van der Waals surface area (Å²) in [5, 5.41) is 6.77. The molecule has 1 aliphatic carbocycles. The Labute approximate surface area is 115 Å². The molecule has 0 aliphatic heterocycles. The van der Waals surface area contributed by atoms with Crippen molar-refractivity contribution in [1.82, 2.24) is 15.1 Å². The molecule has 0 radical (unpaired) electrons. The molecule has 1 aliphatic rings. The fourth-order valence-corrected chi connectivity index (χ4v) is 2.61. The Balaban J connectivity index is 1.81. The van der Waals surface area contributed by atoms with Gasteiger partial charge in [0.25, 0.3) is 5.89 Å². The number of hydrogen-bond donors (Lipinski definition) is 1. The van der Waals surface area contributed by atoms with Gasteiger partial charge in [0, 0.05) is 18.5 Å². The maximum atomic E-state index is 5.70. The molecule has 0 aromatic carbocycles. The summed E-state index contributed by atoms with van der Waals surface area (Å²) in [6.45, 7) is 3.05. The summed E-state index contributed by atoms with van der Waals surface area (Å²) < 4.78 is 11.0. The van der Waals surface area contributed by atoms with Crippen molar-refractivity contribution in [3.05, 3.63) is 16.2 Å². The van der Waals surface area contributed by atoms with Crippen LogP contribution in [0.25, 0.3) is 11.6 Å². The van der Waals surface area contributed by atoms with Crippen LogP contribution in [-0.4, -0.2) is 21.7 Å².